The minimum atomic E-state index is -1.39. The van der Waals surface area contributed by atoms with E-state index in [4.69, 9.17) is 7.73 Å². The zero-order valence-electron chi connectivity index (χ0n) is 38.1. The third-order valence-corrected chi connectivity index (χ3v) is 13.3. The average molecular weight is 990 g/mol. The summed E-state index contributed by atoms with van der Waals surface area (Å²) < 4.78 is 20.3. The summed E-state index contributed by atoms with van der Waals surface area (Å²) in [7, 11) is -1.34. The summed E-state index contributed by atoms with van der Waals surface area (Å²) in [6.45, 7) is 22.3. The van der Waals surface area contributed by atoms with Crippen LogP contribution in [-0.2, 0) is 38.3 Å². The largest absolute Gasteiger partial charge is 0.333 e. The van der Waals surface area contributed by atoms with E-state index in [1.165, 1.54) is 38.8 Å². The van der Waals surface area contributed by atoms with Crippen molar-refractivity contribution in [1.29, 1.82) is 0 Å². The molecule has 305 valence electrons. The van der Waals surface area contributed by atoms with E-state index in [2.05, 4.69) is 148 Å². The second-order valence-electron chi connectivity index (χ2n) is 18.1. The normalized spacial score (nSPS) is 12.6. The standard InChI is InChI=1S/C35H33N2S.C18H24NSi.Ir/c1-23(2)20-24-10-19-29-30(22-38-33(29)21-24)34-36-31-8-6-7-9-32(31)37(34)28-17-13-26(14-18-28)25-11-15-27(16-12-25)35(3,4)5;1-14(2)11-16-12-17(15-9-7-6-8-10-15)19-13-18(16)20(3,4)5;/h6-19,21,23H,20H2,1-5H3;6-9,12-14H,11H2,1-5H3;/q2*-1;/i20D2;;. The molecule has 0 saturated heterocycles. The first-order valence-electron chi connectivity index (χ1n) is 21.5. The third kappa shape index (κ3) is 10.3. The Kier molecular flexibility index (Phi) is 12.9. The molecule has 8 rings (SSSR count). The Balaban J connectivity index is 0.000000250. The zero-order chi connectivity index (χ0) is 43.0. The molecule has 0 saturated carbocycles. The zero-order valence-corrected chi connectivity index (χ0v) is 40.3. The summed E-state index contributed by atoms with van der Waals surface area (Å²) in [6, 6.07) is 45.3. The maximum Gasteiger partial charge on any atom is 0.0798 e. The van der Waals surface area contributed by atoms with E-state index >= 15 is 0 Å². The average Bonchev–Trinajstić information content (AvgIpc) is 3.82. The Labute approximate surface area is 374 Å². The number of aromatic nitrogens is 3. The fourth-order valence-electron chi connectivity index (χ4n) is 7.47. The molecule has 0 fully saturated rings. The molecular weight excluding hydrogens is 931 g/mol. The van der Waals surface area contributed by atoms with Gasteiger partial charge in [-0.15, -0.1) is 47.3 Å². The van der Waals surface area contributed by atoms with Crippen molar-refractivity contribution >= 4 is 45.7 Å². The molecule has 3 nitrogen and oxygen atoms in total. The maximum absolute atomic E-state index is 8.55. The SMILES string of the molecule is CC(C)Cc1cc(-c2[c-]cccc2)ncc1[Si](C)(C)C.[2H]C([2H])(c1ccc2c(-c3nc4ccccc4n3-c3ccc(-c4ccc(C(C)(C)C)cc4)cc3)[c-]sc2c1)C(C)C.[Ir]. The van der Waals surface area contributed by atoms with Crippen LogP contribution in [0, 0.1) is 23.3 Å². The Hall–Kier alpha value is -4.45. The molecule has 3 heterocycles. The maximum atomic E-state index is 8.55. The van der Waals surface area contributed by atoms with Gasteiger partial charge in [0.1, 0.15) is 0 Å². The first kappa shape index (κ1) is 41.3. The summed E-state index contributed by atoms with van der Waals surface area (Å²) in [5.41, 5.74) is 12.1. The second-order valence-corrected chi connectivity index (χ2v) is 24.0. The van der Waals surface area contributed by atoms with Crippen LogP contribution in [0.2, 0.25) is 19.6 Å². The molecule has 0 aliphatic carbocycles. The van der Waals surface area contributed by atoms with Crippen LogP contribution in [0.4, 0.5) is 0 Å². The molecule has 6 heteroatoms. The number of imidazole rings is 1. The summed E-state index contributed by atoms with van der Waals surface area (Å²) in [6.07, 6.45) is 1.85. The topological polar surface area (TPSA) is 30.7 Å². The number of hydrogen-bond donors (Lipinski definition) is 0. The molecule has 0 aliphatic rings. The van der Waals surface area contributed by atoms with Crippen molar-refractivity contribution < 1.29 is 22.8 Å². The van der Waals surface area contributed by atoms with E-state index < -0.39 is 14.4 Å². The van der Waals surface area contributed by atoms with Gasteiger partial charge in [-0.1, -0.05) is 162 Å². The van der Waals surface area contributed by atoms with Crippen LogP contribution in [0.25, 0.3) is 60.6 Å². The van der Waals surface area contributed by atoms with Crippen molar-refractivity contribution in [3.05, 3.63) is 156 Å². The molecule has 5 aromatic carbocycles. The van der Waals surface area contributed by atoms with Gasteiger partial charge in [0.15, 0.2) is 0 Å². The van der Waals surface area contributed by atoms with Crippen LogP contribution in [0.15, 0.2) is 128 Å². The summed E-state index contributed by atoms with van der Waals surface area (Å²) >= 11 is 1.52. The van der Waals surface area contributed by atoms with E-state index in [9.17, 15) is 0 Å². The molecule has 8 aromatic rings. The van der Waals surface area contributed by atoms with Crippen LogP contribution < -0.4 is 5.19 Å². The number of nitrogens with zero attached hydrogens (tertiary/aromatic N) is 3. The van der Waals surface area contributed by atoms with Crippen LogP contribution in [0.5, 0.6) is 0 Å². The predicted molar refractivity (Wildman–Crippen MR) is 253 cm³/mol. The Morgan fingerprint density at radius 2 is 1.47 bits per heavy atom. The van der Waals surface area contributed by atoms with E-state index in [1.54, 1.807) is 0 Å². The number of hydrogen-bond acceptors (Lipinski definition) is 3. The minimum Gasteiger partial charge on any atom is -0.333 e. The summed E-state index contributed by atoms with van der Waals surface area (Å²) in [5, 5.41) is 6.03. The smallest absolute Gasteiger partial charge is 0.0798 e. The monoisotopic (exact) mass is 990 g/mol. The molecule has 3 aromatic heterocycles. The molecule has 1 radical (unpaired) electrons. The first-order valence-corrected chi connectivity index (χ1v) is 24.8. The van der Waals surface area contributed by atoms with Crippen molar-refractivity contribution in [2.75, 3.05) is 0 Å². The third-order valence-electron chi connectivity index (χ3n) is 10.4. The van der Waals surface area contributed by atoms with Gasteiger partial charge in [0.2, 0.25) is 0 Å². The first-order chi connectivity index (χ1) is 28.4. The van der Waals surface area contributed by atoms with E-state index in [-0.39, 0.29) is 31.4 Å². The van der Waals surface area contributed by atoms with E-state index in [0.717, 1.165) is 55.9 Å². The Morgan fingerprint density at radius 1 is 0.797 bits per heavy atom. The van der Waals surface area contributed by atoms with E-state index in [1.807, 2.05) is 68.4 Å². The second kappa shape index (κ2) is 18.4. The fraction of sp³-hybridized carbons (Fsp3) is 0.283. The van der Waals surface area contributed by atoms with Gasteiger partial charge in [-0.2, -0.15) is 0 Å². The Morgan fingerprint density at radius 3 is 2.10 bits per heavy atom. The number of para-hydroxylation sites is 2. The van der Waals surface area contributed by atoms with Crippen molar-refractivity contribution in [2.45, 2.75) is 86.3 Å². The van der Waals surface area contributed by atoms with Gasteiger partial charge in [0.05, 0.1) is 24.9 Å². The molecule has 0 aliphatic heterocycles. The van der Waals surface area contributed by atoms with Gasteiger partial charge in [-0.05, 0) is 81.9 Å². The molecule has 0 N–H and O–H groups in total. The van der Waals surface area contributed by atoms with Crippen molar-refractivity contribution in [3.63, 3.8) is 0 Å². The fourth-order valence-corrected chi connectivity index (χ4v) is 9.93. The molecule has 59 heavy (non-hydrogen) atoms. The van der Waals surface area contributed by atoms with Gasteiger partial charge < -0.3 is 9.55 Å². The molecule has 0 bridgehead atoms. The van der Waals surface area contributed by atoms with Gasteiger partial charge in [-0.25, -0.2) is 0 Å². The van der Waals surface area contributed by atoms with Crippen LogP contribution >= 0.6 is 11.3 Å². The minimum absolute atomic E-state index is 0. The van der Waals surface area contributed by atoms with Gasteiger partial charge in [0.25, 0.3) is 0 Å². The van der Waals surface area contributed by atoms with Crippen molar-refractivity contribution in [2.24, 2.45) is 11.8 Å². The molecular formula is C53H57IrN3SSi-2. The number of benzene rings is 5. The quantitative estimate of drug-likeness (QED) is 0.107. The summed E-state index contributed by atoms with van der Waals surface area (Å²) in [5.74, 6) is 1.39. The van der Waals surface area contributed by atoms with E-state index in [0.29, 0.717) is 11.5 Å². The van der Waals surface area contributed by atoms with Gasteiger partial charge in [0, 0.05) is 34.7 Å². The van der Waals surface area contributed by atoms with Crippen molar-refractivity contribution in [3.8, 4) is 39.5 Å². The number of fused-ring (bicyclic) bond motifs is 2. The van der Waals surface area contributed by atoms with Gasteiger partial charge in [-0.3, -0.25) is 16.3 Å². The molecule has 0 amide bonds. The molecule has 0 unspecified atom stereocenters. The van der Waals surface area contributed by atoms with Crippen LogP contribution in [-0.4, -0.2) is 22.6 Å². The van der Waals surface area contributed by atoms with Crippen LogP contribution in [0.3, 0.4) is 0 Å². The number of rotatable bonds is 9. The van der Waals surface area contributed by atoms with Crippen LogP contribution in [0.1, 0.15) is 67.9 Å². The van der Waals surface area contributed by atoms with Crippen molar-refractivity contribution in [1.82, 2.24) is 14.5 Å². The number of pyridine rings is 1. The Bertz CT molecular complexity index is 2720. The van der Waals surface area contributed by atoms with Gasteiger partial charge >= 0.3 is 0 Å². The number of thiophene rings is 1. The predicted octanol–water partition coefficient (Wildman–Crippen LogP) is 14.2. The summed E-state index contributed by atoms with van der Waals surface area (Å²) in [4.78, 5) is 9.75. The molecule has 0 atom stereocenters. The molecule has 0 spiro atoms.